The van der Waals surface area contributed by atoms with Gasteiger partial charge in [0.05, 0.1) is 0 Å². The van der Waals surface area contributed by atoms with Gasteiger partial charge in [-0.15, -0.1) is 0 Å². The Morgan fingerprint density at radius 3 is 1.91 bits per heavy atom. The first-order chi connectivity index (χ1) is 21.7. The summed E-state index contributed by atoms with van der Waals surface area (Å²) in [5.74, 6) is 0.270. The summed E-state index contributed by atoms with van der Waals surface area (Å²) in [7, 11) is 0. The molecule has 0 fully saturated rings. The number of hydrogen-bond acceptors (Lipinski definition) is 1. The van der Waals surface area contributed by atoms with Crippen molar-refractivity contribution >= 4 is 50.3 Å². The van der Waals surface area contributed by atoms with Gasteiger partial charge in [0.15, 0.2) is 5.78 Å². The van der Waals surface area contributed by atoms with Crippen LogP contribution in [-0.2, 0) is 6.42 Å². The average molecular weight is 563 g/mol. The molecule has 0 saturated carbocycles. The standard InChI is InChI=1S/C43H30O/c44-43-21-19-32-23-31(18-20-34(32)43)28-14-15-30-24-33(17-16-29(30)22-28)40-26-42-37-12-6-4-10-35(37)39(27-8-2-1-3-9-27)25-41(42)38-13-7-5-11-36(38)40/h1-3,5,7-18,20,22-26H,4,6,19,21H2. The van der Waals surface area contributed by atoms with E-state index in [0.717, 1.165) is 24.8 Å². The predicted molar refractivity (Wildman–Crippen MR) is 185 cm³/mol. The van der Waals surface area contributed by atoms with Gasteiger partial charge in [0.2, 0.25) is 0 Å². The second kappa shape index (κ2) is 9.89. The van der Waals surface area contributed by atoms with Gasteiger partial charge in [-0.05, 0) is 125 Å². The van der Waals surface area contributed by atoms with Gasteiger partial charge in [-0.3, -0.25) is 4.79 Å². The minimum absolute atomic E-state index is 0.270. The van der Waals surface area contributed by atoms with Crippen LogP contribution in [0.4, 0.5) is 0 Å². The molecule has 0 bridgehead atoms. The Kier molecular flexibility index (Phi) is 5.68. The van der Waals surface area contributed by atoms with Crippen LogP contribution in [0.15, 0.2) is 121 Å². The molecule has 2 aliphatic rings. The second-order valence-electron chi connectivity index (χ2n) is 12.2. The van der Waals surface area contributed by atoms with Crippen LogP contribution in [0.25, 0.3) is 77.9 Å². The first kappa shape index (κ1) is 25.2. The van der Waals surface area contributed by atoms with Gasteiger partial charge < -0.3 is 0 Å². The topological polar surface area (TPSA) is 17.1 Å². The molecule has 44 heavy (non-hydrogen) atoms. The number of benzene rings is 7. The maximum atomic E-state index is 12.1. The third kappa shape index (κ3) is 3.97. The molecule has 0 unspecified atom stereocenters. The lowest BCUT2D eigenvalue weighted by Crippen LogP contribution is -2.29. The zero-order chi connectivity index (χ0) is 29.2. The molecule has 0 amide bonds. The van der Waals surface area contributed by atoms with Crippen LogP contribution in [0.1, 0.15) is 35.2 Å². The Labute approximate surface area is 256 Å². The molecule has 7 aromatic rings. The van der Waals surface area contributed by atoms with Crippen molar-refractivity contribution in [2.75, 3.05) is 0 Å². The highest BCUT2D eigenvalue weighted by molar-refractivity contribution is 6.15. The average Bonchev–Trinajstić information content (AvgIpc) is 3.47. The van der Waals surface area contributed by atoms with E-state index >= 15 is 0 Å². The van der Waals surface area contributed by atoms with Crippen molar-refractivity contribution in [3.8, 4) is 33.4 Å². The fourth-order valence-corrected chi connectivity index (χ4v) is 7.51. The third-order valence-electron chi connectivity index (χ3n) is 9.71. The predicted octanol–water partition coefficient (Wildman–Crippen LogP) is 9.63. The van der Waals surface area contributed by atoms with Gasteiger partial charge in [0, 0.05) is 12.0 Å². The number of aryl methyl sites for hydroxylation is 1. The quantitative estimate of drug-likeness (QED) is 0.196. The molecule has 9 rings (SSSR count). The zero-order valence-electron chi connectivity index (χ0n) is 24.4. The summed E-state index contributed by atoms with van der Waals surface area (Å²) in [6, 6.07) is 44.5. The molecule has 0 aromatic heterocycles. The molecule has 7 aromatic carbocycles. The minimum atomic E-state index is 0.270. The number of hydrogen-bond donors (Lipinski definition) is 0. The first-order valence-corrected chi connectivity index (χ1v) is 15.7. The van der Waals surface area contributed by atoms with Crippen molar-refractivity contribution < 1.29 is 4.79 Å². The number of Topliss-reactive ketones (excluding diaryl/α,β-unsaturated/α-hetero) is 1. The van der Waals surface area contributed by atoms with E-state index in [2.05, 4.69) is 127 Å². The van der Waals surface area contributed by atoms with Crippen LogP contribution in [0.3, 0.4) is 0 Å². The van der Waals surface area contributed by atoms with Crippen LogP contribution in [0.5, 0.6) is 0 Å². The molecule has 1 heteroatoms. The molecular formula is C43H30O. The van der Waals surface area contributed by atoms with E-state index in [-0.39, 0.29) is 5.78 Å². The van der Waals surface area contributed by atoms with Crippen molar-refractivity contribution in [2.24, 2.45) is 0 Å². The normalized spacial score (nSPS) is 14.0. The Morgan fingerprint density at radius 2 is 1.07 bits per heavy atom. The SMILES string of the molecule is O=C1CCc2cc(-c3ccc4cc(-c5cc6c7c(c(-c8ccccc8)cc6c6ccccc56)=CCCC=7)ccc4c3)ccc21. The summed E-state index contributed by atoms with van der Waals surface area (Å²) in [6.45, 7) is 0. The monoisotopic (exact) mass is 562 g/mol. The largest absolute Gasteiger partial charge is 0.294 e. The van der Waals surface area contributed by atoms with Crippen LogP contribution in [0, 0.1) is 0 Å². The molecule has 1 nitrogen and oxygen atoms in total. The maximum absolute atomic E-state index is 12.1. The molecule has 0 saturated heterocycles. The van der Waals surface area contributed by atoms with E-state index in [9.17, 15) is 4.79 Å². The van der Waals surface area contributed by atoms with E-state index in [4.69, 9.17) is 0 Å². The lowest BCUT2D eigenvalue weighted by atomic mass is 9.87. The number of carbonyl (C=O) groups is 1. The van der Waals surface area contributed by atoms with Crippen molar-refractivity contribution in [1.29, 1.82) is 0 Å². The Bertz CT molecular complexity index is 2450. The van der Waals surface area contributed by atoms with E-state index < -0.39 is 0 Å². The molecule has 0 N–H and O–H groups in total. The van der Waals surface area contributed by atoms with Crippen molar-refractivity contribution in [2.45, 2.75) is 25.7 Å². The number of ketones is 1. The summed E-state index contributed by atoms with van der Waals surface area (Å²) < 4.78 is 0. The van der Waals surface area contributed by atoms with E-state index in [1.165, 1.54) is 81.7 Å². The fourth-order valence-electron chi connectivity index (χ4n) is 7.51. The lowest BCUT2D eigenvalue weighted by Gasteiger charge is -2.16. The van der Waals surface area contributed by atoms with Gasteiger partial charge in [-0.25, -0.2) is 0 Å². The van der Waals surface area contributed by atoms with Crippen LogP contribution < -0.4 is 10.4 Å². The van der Waals surface area contributed by atoms with Crippen molar-refractivity contribution in [1.82, 2.24) is 0 Å². The molecular weight excluding hydrogens is 532 g/mol. The Morgan fingerprint density at radius 1 is 0.409 bits per heavy atom. The molecule has 0 heterocycles. The molecule has 208 valence electrons. The highest BCUT2D eigenvalue weighted by Crippen LogP contribution is 2.37. The second-order valence-corrected chi connectivity index (χ2v) is 12.2. The van der Waals surface area contributed by atoms with Gasteiger partial charge in [0.25, 0.3) is 0 Å². The van der Waals surface area contributed by atoms with Crippen LogP contribution in [-0.4, -0.2) is 5.78 Å². The van der Waals surface area contributed by atoms with E-state index in [0.29, 0.717) is 6.42 Å². The Balaban J connectivity index is 1.22. The third-order valence-corrected chi connectivity index (χ3v) is 9.71. The minimum Gasteiger partial charge on any atom is -0.294 e. The Hall–Kier alpha value is -5.27. The molecule has 0 aliphatic heterocycles. The van der Waals surface area contributed by atoms with Gasteiger partial charge in [0.1, 0.15) is 0 Å². The smallest absolute Gasteiger partial charge is 0.163 e. The lowest BCUT2D eigenvalue weighted by molar-refractivity contribution is 0.0994. The zero-order valence-corrected chi connectivity index (χ0v) is 24.4. The summed E-state index contributed by atoms with van der Waals surface area (Å²) in [4.78, 5) is 12.1. The van der Waals surface area contributed by atoms with Crippen molar-refractivity contribution in [3.05, 3.63) is 143 Å². The molecule has 2 aliphatic carbocycles. The summed E-state index contributed by atoms with van der Waals surface area (Å²) >= 11 is 0. The molecule has 0 radical (unpaired) electrons. The number of rotatable bonds is 3. The number of fused-ring (bicyclic) bond motifs is 7. The first-order valence-electron chi connectivity index (χ1n) is 15.7. The highest BCUT2D eigenvalue weighted by Gasteiger charge is 2.20. The van der Waals surface area contributed by atoms with Gasteiger partial charge >= 0.3 is 0 Å². The van der Waals surface area contributed by atoms with E-state index in [1.807, 2.05) is 6.07 Å². The summed E-state index contributed by atoms with van der Waals surface area (Å²) in [5, 5.41) is 10.4. The van der Waals surface area contributed by atoms with Crippen LogP contribution >= 0.6 is 0 Å². The van der Waals surface area contributed by atoms with Gasteiger partial charge in [-0.1, -0.05) is 109 Å². The molecule has 0 atom stereocenters. The molecule has 0 spiro atoms. The fraction of sp³-hybridized carbons (Fsp3) is 0.0930. The van der Waals surface area contributed by atoms with Crippen molar-refractivity contribution in [3.63, 3.8) is 0 Å². The summed E-state index contributed by atoms with van der Waals surface area (Å²) in [5.41, 5.74) is 9.55. The van der Waals surface area contributed by atoms with E-state index in [1.54, 1.807) is 0 Å². The number of carbonyl (C=O) groups excluding carboxylic acids is 1. The highest BCUT2D eigenvalue weighted by atomic mass is 16.1. The van der Waals surface area contributed by atoms with Crippen LogP contribution in [0.2, 0.25) is 0 Å². The van der Waals surface area contributed by atoms with Gasteiger partial charge in [-0.2, -0.15) is 0 Å². The summed E-state index contributed by atoms with van der Waals surface area (Å²) in [6.07, 6.45) is 8.51. The maximum Gasteiger partial charge on any atom is 0.163 e.